The molecule has 18 heavy (non-hydrogen) atoms. The van der Waals surface area contributed by atoms with Crippen molar-refractivity contribution in [2.75, 3.05) is 19.3 Å². The predicted octanol–water partition coefficient (Wildman–Crippen LogP) is 1.13. The summed E-state index contributed by atoms with van der Waals surface area (Å²) in [5, 5.41) is 8.51. The van der Waals surface area contributed by atoms with Gasteiger partial charge in [0.1, 0.15) is 0 Å². The topological polar surface area (TPSA) is 83.6 Å². The lowest BCUT2D eigenvalue weighted by molar-refractivity contribution is -0.138. The number of carbonyl (C=O) groups excluding carboxylic acids is 1. The summed E-state index contributed by atoms with van der Waals surface area (Å²) in [6, 6.07) is 7.15. The van der Waals surface area contributed by atoms with E-state index in [0.717, 1.165) is 5.56 Å². The number of hydrogen-bond donors (Lipinski definition) is 2. The summed E-state index contributed by atoms with van der Waals surface area (Å²) in [5.41, 5.74) is 7.13. The fourth-order valence-electron chi connectivity index (χ4n) is 1.54. The minimum absolute atomic E-state index is 0.0230. The summed E-state index contributed by atoms with van der Waals surface area (Å²) in [6.07, 6.45) is 0.864. The molecule has 0 atom stereocenters. The van der Waals surface area contributed by atoms with Gasteiger partial charge in [-0.2, -0.15) is 0 Å². The van der Waals surface area contributed by atoms with Crippen LogP contribution in [0.15, 0.2) is 24.3 Å². The highest BCUT2D eigenvalue weighted by molar-refractivity contribution is 5.78. The van der Waals surface area contributed by atoms with Gasteiger partial charge in [-0.1, -0.05) is 12.1 Å². The van der Waals surface area contributed by atoms with Crippen LogP contribution in [-0.2, 0) is 16.0 Å². The van der Waals surface area contributed by atoms with Crippen molar-refractivity contribution in [1.29, 1.82) is 0 Å². The Bertz CT molecular complexity index is 415. The molecular formula is C13H18N2O3. The molecule has 3 N–H and O–H groups in total. The molecule has 0 aliphatic carbocycles. The molecule has 5 heteroatoms. The first-order chi connectivity index (χ1) is 8.49. The fraction of sp³-hybridized carbons (Fsp3) is 0.385. The van der Waals surface area contributed by atoms with Gasteiger partial charge in [0.15, 0.2) is 0 Å². The number of amides is 1. The molecule has 1 aromatic carbocycles. The summed E-state index contributed by atoms with van der Waals surface area (Å²) in [5.74, 6) is -0.862. The summed E-state index contributed by atoms with van der Waals surface area (Å²) in [4.78, 5) is 23.7. The highest BCUT2D eigenvalue weighted by Gasteiger charge is 2.09. The second-order valence-electron chi connectivity index (χ2n) is 4.23. The van der Waals surface area contributed by atoms with Crippen molar-refractivity contribution in [3.05, 3.63) is 29.8 Å². The third-order valence-corrected chi connectivity index (χ3v) is 2.64. The van der Waals surface area contributed by atoms with Crippen LogP contribution in [0.25, 0.3) is 0 Å². The number of rotatable bonds is 6. The first kappa shape index (κ1) is 14.0. The zero-order chi connectivity index (χ0) is 13.5. The van der Waals surface area contributed by atoms with E-state index in [1.807, 2.05) is 12.1 Å². The molecule has 0 fully saturated rings. The Kier molecular flexibility index (Phi) is 5.17. The van der Waals surface area contributed by atoms with Crippen LogP contribution in [0.4, 0.5) is 5.69 Å². The SMILES string of the molecule is CN(CCCC(=O)O)C(=O)Cc1ccc(N)cc1. The molecule has 0 heterocycles. The van der Waals surface area contributed by atoms with Crippen molar-refractivity contribution < 1.29 is 14.7 Å². The van der Waals surface area contributed by atoms with Crippen molar-refractivity contribution in [3.8, 4) is 0 Å². The van der Waals surface area contributed by atoms with Gasteiger partial charge in [0.05, 0.1) is 6.42 Å². The number of hydrogen-bond acceptors (Lipinski definition) is 3. The number of nitrogens with two attached hydrogens (primary N) is 1. The number of aliphatic carboxylic acids is 1. The van der Waals surface area contributed by atoms with Crippen LogP contribution in [0, 0.1) is 0 Å². The van der Waals surface area contributed by atoms with Gasteiger partial charge in [0.2, 0.25) is 5.91 Å². The van der Waals surface area contributed by atoms with Crippen LogP contribution in [0.2, 0.25) is 0 Å². The highest BCUT2D eigenvalue weighted by atomic mass is 16.4. The van der Waals surface area contributed by atoms with E-state index in [0.29, 0.717) is 25.1 Å². The number of anilines is 1. The summed E-state index contributed by atoms with van der Waals surface area (Å²) in [6.45, 7) is 0.458. The lowest BCUT2D eigenvalue weighted by atomic mass is 10.1. The molecule has 1 aromatic rings. The van der Waals surface area contributed by atoms with E-state index in [1.165, 1.54) is 0 Å². The molecule has 5 nitrogen and oxygen atoms in total. The van der Waals surface area contributed by atoms with Crippen LogP contribution >= 0.6 is 0 Å². The molecule has 0 radical (unpaired) electrons. The molecule has 0 aliphatic heterocycles. The van der Waals surface area contributed by atoms with Crippen LogP contribution in [0.5, 0.6) is 0 Å². The van der Waals surface area contributed by atoms with E-state index in [1.54, 1.807) is 24.1 Å². The van der Waals surface area contributed by atoms with E-state index in [4.69, 9.17) is 10.8 Å². The quantitative estimate of drug-likeness (QED) is 0.741. The molecule has 0 aromatic heterocycles. The molecular weight excluding hydrogens is 232 g/mol. The lowest BCUT2D eigenvalue weighted by Crippen LogP contribution is -2.29. The van der Waals surface area contributed by atoms with Crippen LogP contribution in [-0.4, -0.2) is 35.5 Å². The van der Waals surface area contributed by atoms with Crippen molar-refractivity contribution in [1.82, 2.24) is 4.90 Å². The predicted molar refractivity (Wildman–Crippen MR) is 69.1 cm³/mol. The smallest absolute Gasteiger partial charge is 0.303 e. The van der Waals surface area contributed by atoms with Gasteiger partial charge in [-0.05, 0) is 24.1 Å². The van der Waals surface area contributed by atoms with Crippen molar-refractivity contribution >= 4 is 17.6 Å². The van der Waals surface area contributed by atoms with Gasteiger partial charge in [-0.3, -0.25) is 9.59 Å². The maximum atomic E-state index is 11.8. The zero-order valence-corrected chi connectivity index (χ0v) is 10.4. The van der Waals surface area contributed by atoms with Gasteiger partial charge in [0.25, 0.3) is 0 Å². The minimum Gasteiger partial charge on any atom is -0.481 e. The molecule has 1 rings (SSSR count). The summed E-state index contributed by atoms with van der Waals surface area (Å²) < 4.78 is 0. The van der Waals surface area contributed by atoms with Crippen LogP contribution in [0.3, 0.4) is 0 Å². The Morgan fingerprint density at radius 3 is 2.44 bits per heavy atom. The summed E-state index contributed by atoms with van der Waals surface area (Å²) in [7, 11) is 1.68. The van der Waals surface area contributed by atoms with Gasteiger partial charge in [0, 0.05) is 25.7 Å². The average molecular weight is 250 g/mol. The summed E-state index contributed by atoms with van der Waals surface area (Å²) >= 11 is 0. The lowest BCUT2D eigenvalue weighted by Gasteiger charge is -2.16. The van der Waals surface area contributed by atoms with E-state index >= 15 is 0 Å². The van der Waals surface area contributed by atoms with Gasteiger partial charge < -0.3 is 15.7 Å². The number of carbonyl (C=O) groups is 2. The molecule has 0 unspecified atom stereocenters. The molecule has 0 saturated carbocycles. The Labute approximate surface area is 106 Å². The number of carboxylic acids is 1. The zero-order valence-electron chi connectivity index (χ0n) is 10.4. The largest absolute Gasteiger partial charge is 0.481 e. The van der Waals surface area contributed by atoms with Crippen LogP contribution in [0.1, 0.15) is 18.4 Å². The first-order valence-corrected chi connectivity index (χ1v) is 5.79. The molecule has 98 valence electrons. The third kappa shape index (κ3) is 4.86. The van der Waals surface area contributed by atoms with Gasteiger partial charge >= 0.3 is 5.97 Å². The Hall–Kier alpha value is -2.04. The van der Waals surface area contributed by atoms with E-state index in [2.05, 4.69) is 0 Å². The van der Waals surface area contributed by atoms with E-state index < -0.39 is 5.97 Å². The van der Waals surface area contributed by atoms with Crippen molar-refractivity contribution in [3.63, 3.8) is 0 Å². The maximum Gasteiger partial charge on any atom is 0.303 e. The second kappa shape index (κ2) is 6.64. The fourth-order valence-corrected chi connectivity index (χ4v) is 1.54. The Morgan fingerprint density at radius 2 is 1.89 bits per heavy atom. The number of carboxylic acid groups (broad SMARTS) is 1. The monoisotopic (exact) mass is 250 g/mol. The number of likely N-dealkylation sites (N-methyl/N-ethyl adjacent to an activating group) is 1. The molecule has 0 spiro atoms. The highest BCUT2D eigenvalue weighted by Crippen LogP contribution is 2.07. The van der Waals surface area contributed by atoms with Gasteiger partial charge in [-0.25, -0.2) is 0 Å². The minimum atomic E-state index is -0.839. The Balaban J connectivity index is 2.39. The third-order valence-electron chi connectivity index (χ3n) is 2.64. The number of nitrogens with zero attached hydrogens (tertiary/aromatic N) is 1. The maximum absolute atomic E-state index is 11.8. The number of benzene rings is 1. The van der Waals surface area contributed by atoms with Crippen molar-refractivity contribution in [2.45, 2.75) is 19.3 Å². The standard InChI is InChI=1S/C13H18N2O3/c1-15(8-2-3-13(17)18)12(16)9-10-4-6-11(14)7-5-10/h4-7H,2-3,8-9,14H2,1H3,(H,17,18). The van der Waals surface area contributed by atoms with E-state index in [-0.39, 0.29) is 12.3 Å². The van der Waals surface area contributed by atoms with E-state index in [9.17, 15) is 9.59 Å². The van der Waals surface area contributed by atoms with Gasteiger partial charge in [-0.15, -0.1) is 0 Å². The molecule has 0 bridgehead atoms. The van der Waals surface area contributed by atoms with Crippen LogP contribution < -0.4 is 5.73 Å². The molecule has 0 aliphatic rings. The molecule has 0 saturated heterocycles. The van der Waals surface area contributed by atoms with Crippen molar-refractivity contribution in [2.24, 2.45) is 0 Å². The Morgan fingerprint density at radius 1 is 1.28 bits per heavy atom. The number of nitrogen functional groups attached to an aromatic ring is 1. The normalized spacial score (nSPS) is 10.1. The first-order valence-electron chi connectivity index (χ1n) is 5.79. The second-order valence-corrected chi connectivity index (χ2v) is 4.23. The average Bonchev–Trinajstić information content (AvgIpc) is 2.31. The molecule has 1 amide bonds.